The van der Waals surface area contributed by atoms with E-state index in [9.17, 15) is 9.50 Å². The Labute approximate surface area is 112 Å². The average Bonchev–Trinajstić information content (AvgIpc) is 2.46. The highest BCUT2D eigenvalue weighted by atomic mass is 19.1. The molecule has 2 rings (SSSR count). The molecule has 0 radical (unpaired) electrons. The summed E-state index contributed by atoms with van der Waals surface area (Å²) in [6.07, 6.45) is 0.728. The molecule has 0 spiro atoms. The summed E-state index contributed by atoms with van der Waals surface area (Å²) >= 11 is 0. The van der Waals surface area contributed by atoms with Crippen molar-refractivity contribution in [1.29, 1.82) is 0 Å². The molecule has 2 N–H and O–H groups in total. The van der Waals surface area contributed by atoms with E-state index in [4.69, 9.17) is 0 Å². The summed E-state index contributed by atoms with van der Waals surface area (Å²) in [5, 5.41) is 12.6. The van der Waals surface area contributed by atoms with Gasteiger partial charge < -0.3 is 10.4 Å². The number of aliphatic hydroxyl groups is 1. The monoisotopic (exact) mass is 259 g/mol. The van der Waals surface area contributed by atoms with Crippen molar-refractivity contribution in [3.05, 3.63) is 71.5 Å². The van der Waals surface area contributed by atoms with Crippen LogP contribution >= 0.6 is 0 Å². The van der Waals surface area contributed by atoms with Crippen LogP contribution in [0.15, 0.2) is 54.6 Å². The summed E-state index contributed by atoms with van der Waals surface area (Å²) in [5.41, 5.74) is 1.77. The smallest absolute Gasteiger partial charge is 0.127 e. The van der Waals surface area contributed by atoms with Crippen molar-refractivity contribution in [2.24, 2.45) is 0 Å². The lowest BCUT2D eigenvalue weighted by molar-refractivity contribution is 0.240. The molecule has 2 aromatic carbocycles. The molecule has 0 heterocycles. The zero-order chi connectivity index (χ0) is 13.5. The minimum Gasteiger partial charge on any atom is -0.395 e. The second-order valence-electron chi connectivity index (χ2n) is 4.54. The van der Waals surface area contributed by atoms with Gasteiger partial charge in [-0.05, 0) is 18.1 Å². The number of rotatable bonds is 6. The van der Waals surface area contributed by atoms with Crippen molar-refractivity contribution in [2.45, 2.75) is 19.0 Å². The molecule has 19 heavy (non-hydrogen) atoms. The van der Waals surface area contributed by atoms with Gasteiger partial charge in [0.25, 0.3) is 0 Å². The predicted molar refractivity (Wildman–Crippen MR) is 74.3 cm³/mol. The van der Waals surface area contributed by atoms with Gasteiger partial charge in [0.2, 0.25) is 0 Å². The maximum absolute atomic E-state index is 13.5. The summed E-state index contributed by atoms with van der Waals surface area (Å²) in [7, 11) is 0. The van der Waals surface area contributed by atoms with Crippen LogP contribution in [0.5, 0.6) is 0 Å². The van der Waals surface area contributed by atoms with Crippen LogP contribution in [0.4, 0.5) is 4.39 Å². The molecule has 0 aliphatic carbocycles. The van der Waals surface area contributed by atoms with Gasteiger partial charge in [-0.2, -0.15) is 0 Å². The first-order valence-electron chi connectivity index (χ1n) is 6.41. The van der Waals surface area contributed by atoms with Gasteiger partial charge in [0, 0.05) is 18.2 Å². The van der Waals surface area contributed by atoms with E-state index in [1.807, 2.05) is 36.4 Å². The first-order valence-corrected chi connectivity index (χ1v) is 6.41. The van der Waals surface area contributed by atoms with Gasteiger partial charge in [0.05, 0.1) is 6.61 Å². The molecule has 0 saturated carbocycles. The van der Waals surface area contributed by atoms with Gasteiger partial charge >= 0.3 is 0 Å². The van der Waals surface area contributed by atoms with E-state index in [1.165, 1.54) is 6.07 Å². The molecular formula is C16H18FNO. The molecule has 1 atom stereocenters. The summed E-state index contributed by atoms with van der Waals surface area (Å²) in [5.74, 6) is -0.216. The minimum absolute atomic E-state index is 0.0311. The Morgan fingerprint density at radius 2 is 1.68 bits per heavy atom. The average molecular weight is 259 g/mol. The number of halogens is 1. The summed E-state index contributed by atoms with van der Waals surface area (Å²) < 4.78 is 13.5. The third-order valence-corrected chi connectivity index (χ3v) is 3.08. The van der Waals surface area contributed by atoms with Crippen molar-refractivity contribution < 1.29 is 9.50 Å². The maximum atomic E-state index is 13.5. The van der Waals surface area contributed by atoms with Crippen LogP contribution in [-0.2, 0) is 13.0 Å². The number of hydrogen-bond acceptors (Lipinski definition) is 2. The highest BCUT2D eigenvalue weighted by Crippen LogP contribution is 2.07. The summed E-state index contributed by atoms with van der Waals surface area (Å²) in [6, 6.07) is 16.6. The minimum atomic E-state index is -0.216. The van der Waals surface area contributed by atoms with Crippen LogP contribution in [0.2, 0.25) is 0 Å². The second-order valence-corrected chi connectivity index (χ2v) is 4.54. The number of hydrogen-bond donors (Lipinski definition) is 2. The number of benzene rings is 2. The predicted octanol–water partition coefficient (Wildman–Crippen LogP) is 2.52. The molecule has 1 unspecified atom stereocenters. The van der Waals surface area contributed by atoms with Crippen molar-refractivity contribution in [2.75, 3.05) is 6.61 Å². The Kier molecular flexibility index (Phi) is 5.07. The normalized spacial score (nSPS) is 12.3. The van der Waals surface area contributed by atoms with Crippen LogP contribution in [0.25, 0.3) is 0 Å². The van der Waals surface area contributed by atoms with Crippen LogP contribution < -0.4 is 5.32 Å². The molecule has 0 bridgehead atoms. The van der Waals surface area contributed by atoms with E-state index in [0.717, 1.165) is 12.0 Å². The van der Waals surface area contributed by atoms with Crippen LogP contribution in [0, 0.1) is 5.82 Å². The van der Waals surface area contributed by atoms with Gasteiger partial charge in [0.15, 0.2) is 0 Å². The summed E-state index contributed by atoms with van der Waals surface area (Å²) in [4.78, 5) is 0. The fourth-order valence-corrected chi connectivity index (χ4v) is 2.00. The van der Waals surface area contributed by atoms with Gasteiger partial charge in [-0.3, -0.25) is 0 Å². The molecule has 0 fully saturated rings. The van der Waals surface area contributed by atoms with E-state index < -0.39 is 0 Å². The first kappa shape index (κ1) is 13.7. The standard InChI is InChI=1S/C16H18FNO/c17-16-9-5-4-8-14(16)11-18-15(12-19)10-13-6-2-1-3-7-13/h1-9,15,18-19H,10-12H2. The first-order chi connectivity index (χ1) is 9.29. The van der Waals surface area contributed by atoms with Gasteiger partial charge in [-0.25, -0.2) is 4.39 Å². The molecule has 100 valence electrons. The Hall–Kier alpha value is -1.71. The fraction of sp³-hybridized carbons (Fsp3) is 0.250. The molecular weight excluding hydrogens is 241 g/mol. The lowest BCUT2D eigenvalue weighted by atomic mass is 10.1. The largest absolute Gasteiger partial charge is 0.395 e. The highest BCUT2D eigenvalue weighted by molar-refractivity contribution is 5.18. The maximum Gasteiger partial charge on any atom is 0.127 e. The zero-order valence-electron chi connectivity index (χ0n) is 10.7. The highest BCUT2D eigenvalue weighted by Gasteiger charge is 2.09. The lowest BCUT2D eigenvalue weighted by Crippen LogP contribution is -2.34. The van der Waals surface area contributed by atoms with Gasteiger partial charge in [-0.15, -0.1) is 0 Å². The Morgan fingerprint density at radius 1 is 1.00 bits per heavy atom. The summed E-state index contributed by atoms with van der Waals surface area (Å²) in [6.45, 7) is 0.452. The molecule has 0 aromatic heterocycles. The van der Waals surface area contributed by atoms with Crippen LogP contribution in [0.1, 0.15) is 11.1 Å². The Balaban J connectivity index is 1.91. The third kappa shape index (κ3) is 4.16. The molecule has 2 aromatic rings. The lowest BCUT2D eigenvalue weighted by Gasteiger charge is -2.16. The van der Waals surface area contributed by atoms with Crippen molar-refractivity contribution in [1.82, 2.24) is 5.32 Å². The Bertz CT molecular complexity index is 501. The van der Waals surface area contributed by atoms with Gasteiger partial charge in [-0.1, -0.05) is 48.5 Å². The molecule has 0 saturated heterocycles. The second kappa shape index (κ2) is 7.02. The number of aliphatic hydroxyl groups excluding tert-OH is 1. The van der Waals surface area contributed by atoms with E-state index in [0.29, 0.717) is 12.1 Å². The van der Waals surface area contributed by atoms with Gasteiger partial charge in [0.1, 0.15) is 5.82 Å². The van der Waals surface area contributed by atoms with Crippen molar-refractivity contribution in [3.63, 3.8) is 0 Å². The van der Waals surface area contributed by atoms with Crippen molar-refractivity contribution >= 4 is 0 Å². The van der Waals surface area contributed by atoms with E-state index >= 15 is 0 Å². The van der Waals surface area contributed by atoms with E-state index in [-0.39, 0.29) is 18.5 Å². The van der Waals surface area contributed by atoms with Crippen molar-refractivity contribution in [3.8, 4) is 0 Å². The molecule has 0 aliphatic rings. The molecule has 3 heteroatoms. The Morgan fingerprint density at radius 3 is 2.37 bits per heavy atom. The molecule has 0 aliphatic heterocycles. The molecule has 2 nitrogen and oxygen atoms in total. The molecule has 0 amide bonds. The zero-order valence-corrected chi connectivity index (χ0v) is 10.7. The van der Waals surface area contributed by atoms with E-state index in [1.54, 1.807) is 12.1 Å². The van der Waals surface area contributed by atoms with Crippen LogP contribution in [0.3, 0.4) is 0 Å². The van der Waals surface area contributed by atoms with E-state index in [2.05, 4.69) is 5.32 Å². The fourth-order valence-electron chi connectivity index (χ4n) is 2.00. The SMILES string of the molecule is OCC(Cc1ccccc1)NCc1ccccc1F. The van der Waals surface area contributed by atoms with Crippen LogP contribution in [-0.4, -0.2) is 17.8 Å². The quantitative estimate of drug-likeness (QED) is 0.835. The number of nitrogens with one attached hydrogen (secondary N) is 1. The topological polar surface area (TPSA) is 32.3 Å². The third-order valence-electron chi connectivity index (χ3n) is 3.08.